The minimum atomic E-state index is -1.30. The zero-order valence-corrected chi connectivity index (χ0v) is 13.8. The molecule has 0 spiro atoms. The fourth-order valence-electron chi connectivity index (χ4n) is 1.80. The van der Waals surface area contributed by atoms with E-state index < -0.39 is 5.97 Å². The molecule has 0 saturated heterocycles. The molecular formula is C15H16N3O4S-. The first-order chi connectivity index (χ1) is 11.0. The minimum absolute atomic E-state index is 0.00313. The number of methoxy groups -OCH3 is 1. The van der Waals surface area contributed by atoms with E-state index in [9.17, 15) is 9.90 Å². The second kappa shape index (κ2) is 7.68. The summed E-state index contributed by atoms with van der Waals surface area (Å²) in [6.45, 7) is 4.06. The van der Waals surface area contributed by atoms with Crippen molar-refractivity contribution in [1.29, 1.82) is 0 Å². The van der Waals surface area contributed by atoms with E-state index in [0.717, 1.165) is 11.8 Å². The normalized spacial score (nSPS) is 11.3. The Morgan fingerprint density at radius 1 is 1.43 bits per heavy atom. The van der Waals surface area contributed by atoms with E-state index in [0.29, 0.717) is 34.7 Å². The lowest BCUT2D eigenvalue weighted by molar-refractivity contribution is -0.297. The Balaban J connectivity index is 2.31. The number of nitrogens with one attached hydrogen (secondary N) is 1. The SMILES string of the molecule is CCOc1cc(/C=C(\Sc2n[nH]c(C)n2)C(=O)[O-])ccc1OC. The zero-order valence-electron chi connectivity index (χ0n) is 13.0. The van der Waals surface area contributed by atoms with Crippen LogP contribution in [-0.4, -0.2) is 34.9 Å². The summed E-state index contributed by atoms with van der Waals surface area (Å²) in [7, 11) is 1.54. The van der Waals surface area contributed by atoms with Crippen molar-refractivity contribution in [2.24, 2.45) is 0 Å². The molecule has 0 aliphatic rings. The maximum Gasteiger partial charge on any atom is 0.213 e. The van der Waals surface area contributed by atoms with Crippen LogP contribution in [0.4, 0.5) is 0 Å². The first-order valence-electron chi connectivity index (χ1n) is 6.84. The maximum atomic E-state index is 11.3. The van der Waals surface area contributed by atoms with Crippen molar-refractivity contribution in [3.8, 4) is 11.5 Å². The fourth-order valence-corrected chi connectivity index (χ4v) is 2.55. The van der Waals surface area contributed by atoms with E-state index in [1.165, 1.54) is 6.08 Å². The zero-order chi connectivity index (χ0) is 16.8. The van der Waals surface area contributed by atoms with Gasteiger partial charge in [-0.15, -0.1) is 5.10 Å². The second-order valence-corrected chi connectivity index (χ2v) is 5.45. The van der Waals surface area contributed by atoms with E-state index in [-0.39, 0.29) is 4.91 Å². The van der Waals surface area contributed by atoms with Crippen LogP contribution in [0.15, 0.2) is 28.3 Å². The van der Waals surface area contributed by atoms with Gasteiger partial charge in [0, 0.05) is 4.91 Å². The summed E-state index contributed by atoms with van der Waals surface area (Å²) in [5, 5.41) is 18.2. The molecular weight excluding hydrogens is 318 g/mol. The summed E-state index contributed by atoms with van der Waals surface area (Å²) in [6.07, 6.45) is 1.48. The number of carbonyl (C=O) groups excluding carboxylic acids is 1. The maximum absolute atomic E-state index is 11.3. The molecule has 1 aromatic heterocycles. The lowest BCUT2D eigenvalue weighted by Gasteiger charge is -2.11. The van der Waals surface area contributed by atoms with Gasteiger partial charge in [-0.25, -0.2) is 4.98 Å². The second-order valence-electron chi connectivity index (χ2n) is 4.44. The third-order valence-corrected chi connectivity index (χ3v) is 3.63. The number of nitrogens with zero attached hydrogens (tertiary/aromatic N) is 2. The van der Waals surface area contributed by atoms with Gasteiger partial charge in [0.15, 0.2) is 11.5 Å². The number of hydrogen-bond donors (Lipinski definition) is 1. The number of hydrogen-bond acceptors (Lipinski definition) is 7. The molecule has 0 aliphatic carbocycles. The van der Waals surface area contributed by atoms with Crippen LogP contribution >= 0.6 is 11.8 Å². The van der Waals surface area contributed by atoms with Crippen molar-refractivity contribution in [2.75, 3.05) is 13.7 Å². The first kappa shape index (κ1) is 16.9. The molecule has 1 aromatic carbocycles. The van der Waals surface area contributed by atoms with Crippen molar-refractivity contribution in [3.63, 3.8) is 0 Å². The largest absolute Gasteiger partial charge is 0.544 e. The number of benzene rings is 1. The number of aryl methyl sites for hydroxylation is 1. The van der Waals surface area contributed by atoms with Gasteiger partial charge in [-0.05, 0) is 49.4 Å². The average molecular weight is 334 g/mol. The molecule has 0 atom stereocenters. The van der Waals surface area contributed by atoms with Gasteiger partial charge in [0.2, 0.25) is 5.16 Å². The summed E-state index contributed by atoms with van der Waals surface area (Å²) in [6, 6.07) is 5.15. The molecule has 8 heteroatoms. The molecule has 2 rings (SSSR count). The van der Waals surface area contributed by atoms with Crippen LogP contribution in [-0.2, 0) is 4.79 Å². The number of thioether (sulfide) groups is 1. The van der Waals surface area contributed by atoms with Crippen molar-refractivity contribution in [2.45, 2.75) is 19.0 Å². The van der Waals surface area contributed by atoms with Crippen LogP contribution < -0.4 is 14.6 Å². The number of carbonyl (C=O) groups is 1. The summed E-state index contributed by atoms with van der Waals surface area (Å²) in [5.41, 5.74) is 0.646. The highest BCUT2D eigenvalue weighted by molar-refractivity contribution is 8.04. The summed E-state index contributed by atoms with van der Waals surface area (Å²) < 4.78 is 10.7. The van der Waals surface area contributed by atoms with Crippen molar-refractivity contribution < 1.29 is 19.4 Å². The fraction of sp³-hybridized carbons (Fsp3) is 0.267. The quantitative estimate of drug-likeness (QED) is 0.603. The Bertz CT molecular complexity index is 727. The van der Waals surface area contributed by atoms with Crippen LogP contribution in [0.3, 0.4) is 0 Å². The molecule has 0 amide bonds. The number of carboxylic acid groups (broad SMARTS) is 1. The highest BCUT2D eigenvalue weighted by atomic mass is 32.2. The lowest BCUT2D eigenvalue weighted by Crippen LogP contribution is -2.23. The van der Waals surface area contributed by atoms with E-state index in [2.05, 4.69) is 15.2 Å². The molecule has 0 radical (unpaired) electrons. The molecule has 0 aliphatic heterocycles. The Kier molecular flexibility index (Phi) is 5.64. The highest BCUT2D eigenvalue weighted by Gasteiger charge is 2.09. The van der Waals surface area contributed by atoms with E-state index in [4.69, 9.17) is 9.47 Å². The third kappa shape index (κ3) is 4.49. The topological polar surface area (TPSA) is 100 Å². The molecule has 7 nitrogen and oxygen atoms in total. The molecule has 23 heavy (non-hydrogen) atoms. The van der Waals surface area contributed by atoms with Crippen molar-refractivity contribution >= 4 is 23.8 Å². The van der Waals surface area contributed by atoms with Crippen LogP contribution in [0, 0.1) is 6.92 Å². The number of rotatable bonds is 7. The van der Waals surface area contributed by atoms with Gasteiger partial charge in [-0.1, -0.05) is 6.07 Å². The van der Waals surface area contributed by atoms with Gasteiger partial charge in [0.05, 0.1) is 19.7 Å². The first-order valence-corrected chi connectivity index (χ1v) is 7.66. The molecule has 0 unspecified atom stereocenters. The Labute approximate surface area is 137 Å². The number of carboxylic acids is 1. The van der Waals surface area contributed by atoms with Gasteiger partial charge >= 0.3 is 0 Å². The summed E-state index contributed by atoms with van der Waals surface area (Å²) in [5.74, 6) is 0.427. The average Bonchev–Trinajstić information content (AvgIpc) is 2.92. The predicted octanol–water partition coefficient (Wildman–Crippen LogP) is 1.40. The van der Waals surface area contributed by atoms with Crippen molar-refractivity contribution in [3.05, 3.63) is 34.5 Å². The van der Waals surface area contributed by atoms with Gasteiger partial charge < -0.3 is 19.4 Å². The van der Waals surface area contributed by atoms with Gasteiger partial charge in [-0.2, -0.15) is 0 Å². The Morgan fingerprint density at radius 2 is 2.22 bits per heavy atom. The number of aromatic amines is 1. The van der Waals surface area contributed by atoms with E-state index in [1.807, 2.05) is 6.92 Å². The molecule has 0 saturated carbocycles. The lowest BCUT2D eigenvalue weighted by atomic mass is 10.2. The Hall–Kier alpha value is -2.48. The van der Waals surface area contributed by atoms with Crippen LogP contribution in [0.1, 0.15) is 18.3 Å². The van der Waals surface area contributed by atoms with Gasteiger partial charge in [0.25, 0.3) is 0 Å². The summed E-state index contributed by atoms with van der Waals surface area (Å²) in [4.78, 5) is 15.4. The predicted molar refractivity (Wildman–Crippen MR) is 84.1 cm³/mol. The molecule has 122 valence electrons. The van der Waals surface area contributed by atoms with E-state index >= 15 is 0 Å². The van der Waals surface area contributed by atoms with Crippen molar-refractivity contribution in [1.82, 2.24) is 15.2 Å². The minimum Gasteiger partial charge on any atom is -0.544 e. The van der Waals surface area contributed by atoms with Crippen LogP contribution in [0.25, 0.3) is 6.08 Å². The summed E-state index contributed by atoms with van der Waals surface area (Å²) >= 11 is 0.915. The molecule has 2 aromatic rings. The number of aliphatic carboxylic acids is 1. The molecule has 1 heterocycles. The number of ether oxygens (including phenoxy) is 2. The highest BCUT2D eigenvalue weighted by Crippen LogP contribution is 2.31. The number of aromatic nitrogens is 3. The van der Waals surface area contributed by atoms with Crippen LogP contribution in [0.5, 0.6) is 11.5 Å². The molecule has 0 bridgehead atoms. The Morgan fingerprint density at radius 3 is 2.78 bits per heavy atom. The van der Waals surface area contributed by atoms with Gasteiger partial charge in [-0.3, -0.25) is 5.10 Å². The third-order valence-electron chi connectivity index (χ3n) is 2.76. The molecule has 1 N–H and O–H groups in total. The van der Waals surface area contributed by atoms with E-state index in [1.54, 1.807) is 32.2 Å². The monoisotopic (exact) mass is 334 g/mol. The van der Waals surface area contributed by atoms with Crippen LogP contribution in [0.2, 0.25) is 0 Å². The standard InChI is InChI=1S/C15H17N3O4S/c1-4-22-12-7-10(5-6-11(12)21-3)8-13(14(19)20)23-15-16-9(2)17-18-15/h5-8H,4H2,1-3H3,(H,19,20)(H,16,17,18)/p-1/b13-8-. The molecule has 0 fully saturated rings. The number of H-pyrrole nitrogens is 1. The smallest absolute Gasteiger partial charge is 0.213 e. The van der Waals surface area contributed by atoms with Gasteiger partial charge in [0.1, 0.15) is 5.82 Å².